The molecule has 1 saturated heterocycles. The van der Waals surface area contributed by atoms with Crippen LogP contribution in [0.15, 0.2) is 81.2 Å². The van der Waals surface area contributed by atoms with E-state index in [0.29, 0.717) is 101 Å². The van der Waals surface area contributed by atoms with Crippen LogP contribution in [0.3, 0.4) is 0 Å². The molecule has 2 fully saturated rings. The molecule has 0 unspecified atom stereocenters. The molecule has 314 valence electrons. The predicted molar refractivity (Wildman–Crippen MR) is 222 cm³/mol. The summed E-state index contributed by atoms with van der Waals surface area (Å²) in [6.45, 7) is 5.07. The highest BCUT2D eigenvalue weighted by molar-refractivity contribution is 5.99. The number of pyridine rings is 1. The van der Waals surface area contributed by atoms with Crippen LogP contribution in [-0.2, 0) is 30.2 Å². The Kier molecular flexibility index (Phi) is 8.58. The lowest BCUT2D eigenvalue weighted by atomic mass is 9.89. The van der Waals surface area contributed by atoms with Crippen LogP contribution >= 0.6 is 0 Å². The van der Waals surface area contributed by atoms with Crippen LogP contribution < -0.4 is 11.4 Å². The van der Waals surface area contributed by atoms with Crippen molar-refractivity contribution in [3.05, 3.63) is 145 Å². The quantitative estimate of drug-likeness (QED) is 0.203. The Balaban J connectivity index is 1.03. The average molecular weight is 839 g/mol. The minimum absolute atomic E-state index is 0.0399. The molecule has 15 nitrogen and oxygen atoms in total. The number of H-pyrrole nitrogens is 1. The normalized spacial score (nSPS) is 16.4. The number of benzene rings is 3. The number of nitrogens with one attached hydrogen (secondary N) is 1. The van der Waals surface area contributed by atoms with E-state index >= 15 is 13.6 Å². The lowest BCUT2D eigenvalue weighted by Gasteiger charge is -2.28. The summed E-state index contributed by atoms with van der Waals surface area (Å²) in [7, 11) is 1.71. The molecule has 1 amide bonds. The number of amides is 1. The Morgan fingerprint density at radius 3 is 2.47 bits per heavy atom. The van der Waals surface area contributed by atoms with Gasteiger partial charge in [0.1, 0.15) is 11.6 Å². The number of nitrogens with zero attached hydrogens (tertiary/aromatic N) is 9. The number of fused-ring (bicyclic) bond motifs is 3. The molecule has 11 rings (SSSR count). The van der Waals surface area contributed by atoms with Gasteiger partial charge in [-0.2, -0.15) is 10.2 Å². The Hall–Kier alpha value is -7.01. The SMILES string of the molecule is Cc1cc(-n2nc3c(c2-n2ccn(-c4ccc5c(cnn5C)c4F)c2=O)CN(C(=O)c2cc4ccc(C5CCOCC5)cc4nc2C2(c4noc(=O)[nH]4)CC2)CC3)cc(C)c1F. The minimum Gasteiger partial charge on any atom is -0.381 e. The molecule has 8 aromatic rings. The van der Waals surface area contributed by atoms with Crippen LogP contribution in [0.4, 0.5) is 8.78 Å². The van der Waals surface area contributed by atoms with Crippen molar-refractivity contribution in [2.45, 2.75) is 63.8 Å². The van der Waals surface area contributed by atoms with Gasteiger partial charge >= 0.3 is 11.4 Å². The van der Waals surface area contributed by atoms with Gasteiger partial charge in [0.05, 0.1) is 62.9 Å². The van der Waals surface area contributed by atoms with Crippen molar-refractivity contribution in [1.82, 2.24) is 48.7 Å². The molecular weight excluding hydrogens is 799 g/mol. The first kappa shape index (κ1) is 38.0. The Labute approximate surface area is 351 Å². The molecule has 1 saturated carbocycles. The molecular formula is C45H40F2N10O5. The molecule has 5 aromatic heterocycles. The molecule has 17 heteroatoms. The van der Waals surface area contributed by atoms with Gasteiger partial charge in [0.25, 0.3) is 5.91 Å². The van der Waals surface area contributed by atoms with E-state index in [-0.39, 0.29) is 29.3 Å². The topological polar surface area (TPSA) is 164 Å². The van der Waals surface area contributed by atoms with Crippen molar-refractivity contribution in [2.24, 2.45) is 7.05 Å². The zero-order valence-corrected chi connectivity index (χ0v) is 34.1. The maximum atomic E-state index is 16.0. The Bertz CT molecular complexity index is 3250. The molecule has 2 aliphatic heterocycles. The number of aromatic amines is 1. The number of carbonyl (C=O) groups is 1. The van der Waals surface area contributed by atoms with Crippen LogP contribution in [0.5, 0.6) is 0 Å². The fourth-order valence-corrected chi connectivity index (χ4v) is 9.41. The molecule has 7 heterocycles. The number of aromatic nitrogens is 9. The van der Waals surface area contributed by atoms with Gasteiger partial charge in [-0.05, 0) is 98.5 Å². The maximum absolute atomic E-state index is 16.0. The molecule has 0 bridgehead atoms. The van der Waals surface area contributed by atoms with E-state index in [1.165, 1.54) is 27.6 Å². The van der Waals surface area contributed by atoms with E-state index in [4.69, 9.17) is 19.3 Å². The summed E-state index contributed by atoms with van der Waals surface area (Å²) in [4.78, 5) is 51.5. The lowest BCUT2D eigenvalue weighted by molar-refractivity contribution is 0.0732. The smallest absolute Gasteiger partial charge is 0.381 e. The average Bonchev–Trinajstić information content (AvgIpc) is 3.51. The van der Waals surface area contributed by atoms with Gasteiger partial charge in [0.15, 0.2) is 11.6 Å². The standard InChI is InChI=1S/C45H40F2N10O5/c1-24-18-29(19-25(2)37(24)46)57-40(56-15-14-55(44(56)60)36-7-6-35-31(38(36)47)22-48-53(35)3)32-23-54(13-8-33(32)51-57)41(58)30-20-28-5-4-27(26-9-16-61-17-10-26)21-34(28)49-39(30)45(11-12-45)42-50-43(59)62-52-42/h4-7,14-15,18-22,26H,8-13,16-17,23H2,1-3H3,(H,50,52,59). The van der Waals surface area contributed by atoms with Crippen molar-refractivity contribution in [1.29, 1.82) is 0 Å². The summed E-state index contributed by atoms with van der Waals surface area (Å²) in [6, 6.07) is 14.6. The summed E-state index contributed by atoms with van der Waals surface area (Å²) in [5.41, 5.74) is 4.52. The van der Waals surface area contributed by atoms with E-state index in [1.54, 1.807) is 59.6 Å². The van der Waals surface area contributed by atoms with E-state index in [0.717, 1.165) is 29.3 Å². The zero-order valence-electron chi connectivity index (χ0n) is 34.1. The predicted octanol–water partition coefficient (Wildman–Crippen LogP) is 5.99. The fraction of sp³-hybridized carbons (Fsp3) is 0.311. The Morgan fingerprint density at radius 1 is 0.952 bits per heavy atom. The first-order valence-electron chi connectivity index (χ1n) is 20.7. The highest BCUT2D eigenvalue weighted by Gasteiger charge is 2.53. The van der Waals surface area contributed by atoms with E-state index in [2.05, 4.69) is 27.4 Å². The van der Waals surface area contributed by atoms with Crippen molar-refractivity contribution in [3.63, 3.8) is 0 Å². The number of aryl methyl sites for hydroxylation is 3. The number of halogens is 2. The number of hydrogen-bond acceptors (Lipinski definition) is 9. The molecule has 0 spiro atoms. The highest BCUT2D eigenvalue weighted by atomic mass is 19.1. The van der Waals surface area contributed by atoms with Crippen molar-refractivity contribution in [3.8, 4) is 17.2 Å². The summed E-state index contributed by atoms with van der Waals surface area (Å²) in [5, 5.41) is 14.3. The molecule has 3 aliphatic rings. The summed E-state index contributed by atoms with van der Waals surface area (Å²) < 4.78 is 47.4. The van der Waals surface area contributed by atoms with E-state index in [1.807, 2.05) is 12.1 Å². The minimum atomic E-state index is -0.834. The van der Waals surface area contributed by atoms with Crippen LogP contribution in [-0.4, -0.2) is 74.4 Å². The van der Waals surface area contributed by atoms with Crippen LogP contribution in [0.25, 0.3) is 39.0 Å². The highest BCUT2D eigenvalue weighted by Crippen LogP contribution is 2.53. The first-order chi connectivity index (χ1) is 30.0. The van der Waals surface area contributed by atoms with Crippen LogP contribution in [0.2, 0.25) is 0 Å². The third-order valence-corrected chi connectivity index (χ3v) is 12.9. The summed E-state index contributed by atoms with van der Waals surface area (Å²) >= 11 is 0. The van der Waals surface area contributed by atoms with Gasteiger partial charge < -0.3 is 9.64 Å². The van der Waals surface area contributed by atoms with Gasteiger partial charge in [-0.25, -0.2) is 23.1 Å². The largest absolute Gasteiger partial charge is 0.438 e. The van der Waals surface area contributed by atoms with E-state index < -0.39 is 22.7 Å². The third kappa shape index (κ3) is 5.89. The van der Waals surface area contributed by atoms with Gasteiger partial charge in [-0.3, -0.25) is 33.1 Å². The number of ether oxygens (including phenoxy) is 1. The third-order valence-electron chi connectivity index (χ3n) is 12.9. The van der Waals surface area contributed by atoms with Crippen LogP contribution in [0, 0.1) is 25.5 Å². The van der Waals surface area contributed by atoms with Crippen molar-refractivity contribution >= 4 is 27.7 Å². The summed E-state index contributed by atoms with van der Waals surface area (Å²) in [5.74, 6) is -0.950. The number of carbonyl (C=O) groups excluding carboxylic acids is 1. The lowest BCUT2D eigenvalue weighted by Crippen LogP contribution is -2.37. The molecule has 0 atom stereocenters. The molecule has 3 aromatic carbocycles. The van der Waals surface area contributed by atoms with Crippen molar-refractivity contribution in [2.75, 3.05) is 19.8 Å². The first-order valence-corrected chi connectivity index (χ1v) is 20.7. The molecule has 1 aliphatic carbocycles. The second-order valence-corrected chi connectivity index (χ2v) is 16.7. The van der Waals surface area contributed by atoms with Gasteiger partial charge in [-0.15, -0.1) is 0 Å². The number of imidazole rings is 1. The number of hydrogen-bond donors (Lipinski definition) is 1. The molecule has 1 N–H and O–H groups in total. The monoisotopic (exact) mass is 838 g/mol. The molecule has 62 heavy (non-hydrogen) atoms. The summed E-state index contributed by atoms with van der Waals surface area (Å²) in [6.07, 6.45) is 7.80. The fourth-order valence-electron chi connectivity index (χ4n) is 9.41. The number of rotatable bonds is 7. The zero-order chi connectivity index (χ0) is 42.6. The van der Waals surface area contributed by atoms with Crippen molar-refractivity contribution < 1.29 is 22.8 Å². The maximum Gasteiger partial charge on any atom is 0.438 e. The second-order valence-electron chi connectivity index (χ2n) is 16.7. The Morgan fingerprint density at radius 2 is 1.73 bits per heavy atom. The molecule has 0 radical (unpaired) electrons. The van der Waals surface area contributed by atoms with E-state index in [9.17, 15) is 9.59 Å². The van der Waals surface area contributed by atoms with Crippen LogP contribution in [0.1, 0.15) is 81.4 Å². The second kappa shape index (κ2) is 14.0. The van der Waals surface area contributed by atoms with Gasteiger partial charge in [-0.1, -0.05) is 17.3 Å². The van der Waals surface area contributed by atoms with Gasteiger partial charge in [0.2, 0.25) is 0 Å². The van der Waals surface area contributed by atoms with Gasteiger partial charge in [0, 0.05) is 56.6 Å².